The minimum atomic E-state index is -0.0915. The number of thiophene rings is 1. The van der Waals surface area contributed by atoms with Crippen LogP contribution in [0.25, 0.3) is 5.78 Å². The van der Waals surface area contributed by atoms with Gasteiger partial charge < -0.3 is 5.32 Å². The van der Waals surface area contributed by atoms with Crippen LogP contribution >= 0.6 is 11.3 Å². The SMILES string of the molecule is Cc1cc(C)n2nc(CC(=O)NC(C)c3cccs3)nc2n1. The standard InChI is InChI=1S/C15H17N5OS/c1-9-7-10(2)20-15(16-9)18-13(19-20)8-14(21)17-11(3)12-5-4-6-22-12/h4-7,11H,8H2,1-3H3,(H,17,21). The van der Waals surface area contributed by atoms with Crippen LogP contribution in [-0.2, 0) is 11.2 Å². The van der Waals surface area contributed by atoms with Gasteiger partial charge in [-0.3, -0.25) is 4.79 Å². The van der Waals surface area contributed by atoms with Crippen LogP contribution in [0, 0.1) is 13.8 Å². The number of nitrogens with one attached hydrogen (secondary N) is 1. The molecule has 22 heavy (non-hydrogen) atoms. The molecule has 7 heteroatoms. The van der Waals surface area contributed by atoms with Crippen molar-refractivity contribution in [3.63, 3.8) is 0 Å². The van der Waals surface area contributed by atoms with E-state index in [1.165, 1.54) is 0 Å². The van der Waals surface area contributed by atoms with Crippen molar-refractivity contribution < 1.29 is 4.79 Å². The Morgan fingerprint density at radius 1 is 1.41 bits per heavy atom. The van der Waals surface area contributed by atoms with E-state index in [4.69, 9.17) is 0 Å². The number of hydrogen-bond acceptors (Lipinski definition) is 5. The van der Waals surface area contributed by atoms with E-state index in [1.807, 2.05) is 44.4 Å². The number of carbonyl (C=O) groups is 1. The third-order valence-electron chi connectivity index (χ3n) is 3.33. The van der Waals surface area contributed by atoms with Crippen LogP contribution in [0.3, 0.4) is 0 Å². The monoisotopic (exact) mass is 315 g/mol. The normalized spacial score (nSPS) is 12.5. The lowest BCUT2D eigenvalue weighted by atomic mass is 10.2. The van der Waals surface area contributed by atoms with Crippen LogP contribution in [0.5, 0.6) is 0 Å². The van der Waals surface area contributed by atoms with Crippen molar-refractivity contribution in [1.82, 2.24) is 24.9 Å². The molecule has 1 N–H and O–H groups in total. The maximum absolute atomic E-state index is 12.1. The summed E-state index contributed by atoms with van der Waals surface area (Å²) in [7, 11) is 0. The third-order valence-corrected chi connectivity index (χ3v) is 4.38. The van der Waals surface area contributed by atoms with Crippen LogP contribution in [0.15, 0.2) is 23.6 Å². The molecule has 1 amide bonds. The molecule has 6 nitrogen and oxygen atoms in total. The van der Waals surface area contributed by atoms with Gasteiger partial charge in [-0.25, -0.2) is 9.50 Å². The fourth-order valence-corrected chi connectivity index (χ4v) is 3.06. The van der Waals surface area contributed by atoms with E-state index in [1.54, 1.807) is 15.9 Å². The highest BCUT2D eigenvalue weighted by atomic mass is 32.1. The van der Waals surface area contributed by atoms with E-state index in [0.717, 1.165) is 16.3 Å². The lowest BCUT2D eigenvalue weighted by Crippen LogP contribution is -2.28. The molecule has 0 aliphatic rings. The fourth-order valence-electron chi connectivity index (χ4n) is 2.33. The summed E-state index contributed by atoms with van der Waals surface area (Å²) in [4.78, 5) is 21.9. The molecule has 3 aromatic heterocycles. The predicted octanol–water partition coefficient (Wildman–Crippen LogP) is 2.22. The number of hydrogen-bond donors (Lipinski definition) is 1. The molecule has 1 unspecified atom stereocenters. The molecular weight excluding hydrogens is 298 g/mol. The van der Waals surface area contributed by atoms with Gasteiger partial charge in [-0.2, -0.15) is 4.98 Å². The molecule has 3 rings (SSSR count). The average molecular weight is 315 g/mol. The smallest absolute Gasteiger partial charge is 0.252 e. The molecule has 114 valence electrons. The fraction of sp³-hybridized carbons (Fsp3) is 0.333. The number of aryl methyl sites for hydroxylation is 2. The number of aromatic nitrogens is 4. The summed E-state index contributed by atoms with van der Waals surface area (Å²) in [6.45, 7) is 5.83. The molecule has 0 saturated heterocycles. The maximum atomic E-state index is 12.1. The molecule has 0 aliphatic carbocycles. The van der Waals surface area contributed by atoms with Crippen molar-refractivity contribution in [2.45, 2.75) is 33.2 Å². The van der Waals surface area contributed by atoms with Crippen LogP contribution in [0.2, 0.25) is 0 Å². The Kier molecular flexibility index (Phi) is 3.89. The summed E-state index contributed by atoms with van der Waals surface area (Å²) < 4.78 is 1.66. The van der Waals surface area contributed by atoms with E-state index >= 15 is 0 Å². The number of carbonyl (C=O) groups excluding carboxylic acids is 1. The molecule has 0 aliphatic heterocycles. The topological polar surface area (TPSA) is 72.2 Å². The summed E-state index contributed by atoms with van der Waals surface area (Å²) in [5, 5.41) is 9.31. The highest BCUT2D eigenvalue weighted by Crippen LogP contribution is 2.18. The van der Waals surface area contributed by atoms with Crippen LogP contribution in [-0.4, -0.2) is 25.5 Å². The average Bonchev–Trinajstić information content (AvgIpc) is 3.07. The van der Waals surface area contributed by atoms with Gasteiger partial charge in [0, 0.05) is 16.3 Å². The Morgan fingerprint density at radius 3 is 2.95 bits per heavy atom. The molecule has 0 fully saturated rings. The Morgan fingerprint density at radius 2 is 2.23 bits per heavy atom. The zero-order chi connectivity index (χ0) is 15.7. The van der Waals surface area contributed by atoms with Crippen molar-refractivity contribution in [3.8, 4) is 0 Å². The van der Waals surface area contributed by atoms with E-state index in [-0.39, 0.29) is 18.4 Å². The van der Waals surface area contributed by atoms with Gasteiger partial charge in [0.05, 0.1) is 12.5 Å². The first kappa shape index (κ1) is 14.6. The van der Waals surface area contributed by atoms with Crippen LogP contribution in [0.4, 0.5) is 0 Å². The van der Waals surface area contributed by atoms with Gasteiger partial charge in [-0.1, -0.05) is 6.07 Å². The number of amides is 1. The van der Waals surface area contributed by atoms with Gasteiger partial charge in [0.25, 0.3) is 5.78 Å². The molecule has 1 atom stereocenters. The molecule has 0 radical (unpaired) electrons. The lowest BCUT2D eigenvalue weighted by molar-refractivity contribution is -0.121. The number of nitrogens with zero attached hydrogens (tertiary/aromatic N) is 4. The van der Waals surface area contributed by atoms with E-state index in [0.29, 0.717) is 11.6 Å². The molecule has 0 bridgehead atoms. The van der Waals surface area contributed by atoms with E-state index in [9.17, 15) is 4.79 Å². The van der Waals surface area contributed by atoms with Gasteiger partial charge in [-0.05, 0) is 38.3 Å². The van der Waals surface area contributed by atoms with E-state index < -0.39 is 0 Å². The van der Waals surface area contributed by atoms with Crippen molar-refractivity contribution in [1.29, 1.82) is 0 Å². The predicted molar refractivity (Wildman–Crippen MR) is 84.8 cm³/mol. The first-order valence-electron chi connectivity index (χ1n) is 7.05. The minimum Gasteiger partial charge on any atom is -0.348 e. The van der Waals surface area contributed by atoms with Gasteiger partial charge in [0.2, 0.25) is 5.91 Å². The van der Waals surface area contributed by atoms with Crippen LogP contribution < -0.4 is 5.32 Å². The number of rotatable bonds is 4. The Balaban J connectivity index is 1.73. The summed E-state index contributed by atoms with van der Waals surface area (Å²) in [6.07, 6.45) is 0.150. The largest absolute Gasteiger partial charge is 0.348 e. The zero-order valence-corrected chi connectivity index (χ0v) is 13.5. The highest BCUT2D eigenvalue weighted by molar-refractivity contribution is 7.10. The zero-order valence-electron chi connectivity index (χ0n) is 12.7. The Bertz CT molecular complexity index is 809. The molecular formula is C15H17N5OS. The van der Waals surface area contributed by atoms with Crippen molar-refractivity contribution in [2.75, 3.05) is 0 Å². The van der Waals surface area contributed by atoms with Gasteiger partial charge in [0.15, 0.2) is 5.82 Å². The second-order valence-corrected chi connectivity index (χ2v) is 6.24. The van der Waals surface area contributed by atoms with Crippen molar-refractivity contribution in [2.24, 2.45) is 0 Å². The molecule has 0 aromatic carbocycles. The highest BCUT2D eigenvalue weighted by Gasteiger charge is 2.14. The third kappa shape index (κ3) is 2.99. The van der Waals surface area contributed by atoms with Crippen molar-refractivity contribution >= 4 is 23.0 Å². The van der Waals surface area contributed by atoms with Crippen LogP contribution in [0.1, 0.15) is 35.1 Å². The minimum absolute atomic E-state index is 0.00774. The lowest BCUT2D eigenvalue weighted by Gasteiger charge is -2.10. The van der Waals surface area contributed by atoms with Gasteiger partial charge >= 0.3 is 0 Å². The Labute approximate surface area is 132 Å². The number of fused-ring (bicyclic) bond motifs is 1. The summed E-state index contributed by atoms with van der Waals surface area (Å²) in [5.41, 5.74) is 1.84. The second kappa shape index (κ2) is 5.84. The Hall–Kier alpha value is -2.28. The molecule has 3 aromatic rings. The molecule has 3 heterocycles. The summed E-state index contributed by atoms with van der Waals surface area (Å²) in [5.74, 6) is 0.926. The summed E-state index contributed by atoms with van der Waals surface area (Å²) in [6, 6.07) is 5.91. The summed E-state index contributed by atoms with van der Waals surface area (Å²) >= 11 is 1.63. The van der Waals surface area contributed by atoms with E-state index in [2.05, 4.69) is 20.4 Å². The quantitative estimate of drug-likeness (QED) is 0.801. The molecule has 0 spiro atoms. The first-order chi connectivity index (χ1) is 10.5. The maximum Gasteiger partial charge on any atom is 0.252 e. The molecule has 0 saturated carbocycles. The van der Waals surface area contributed by atoms with Crippen molar-refractivity contribution in [3.05, 3.63) is 45.7 Å². The van der Waals surface area contributed by atoms with Gasteiger partial charge in [-0.15, -0.1) is 16.4 Å². The first-order valence-corrected chi connectivity index (χ1v) is 7.93. The second-order valence-electron chi connectivity index (χ2n) is 5.26. The van der Waals surface area contributed by atoms with Gasteiger partial charge in [0.1, 0.15) is 0 Å².